The molecule has 1 heterocycles. The van der Waals surface area contributed by atoms with Gasteiger partial charge < -0.3 is 20.1 Å². The number of amides is 1. The van der Waals surface area contributed by atoms with Gasteiger partial charge in [-0.3, -0.25) is 9.59 Å². The van der Waals surface area contributed by atoms with E-state index in [-0.39, 0.29) is 18.6 Å². The van der Waals surface area contributed by atoms with E-state index in [4.69, 9.17) is 9.84 Å². The highest BCUT2D eigenvalue weighted by Gasteiger charge is 2.30. The molecule has 1 aromatic carbocycles. The first-order valence-corrected chi connectivity index (χ1v) is 8.31. The molecule has 0 spiro atoms. The fraction of sp³-hybridized carbons (Fsp3) is 0.556. The quantitative estimate of drug-likeness (QED) is 0.852. The highest BCUT2D eigenvalue weighted by Crippen LogP contribution is 2.27. The molecule has 0 radical (unpaired) electrons. The third kappa shape index (κ3) is 4.92. The molecule has 1 aromatic rings. The summed E-state index contributed by atoms with van der Waals surface area (Å²) in [5.74, 6) is -1.95. The van der Waals surface area contributed by atoms with E-state index in [1.54, 1.807) is 12.1 Å². The molecule has 2 unspecified atom stereocenters. The van der Waals surface area contributed by atoms with Crippen LogP contribution in [0.15, 0.2) is 18.2 Å². The second-order valence-corrected chi connectivity index (χ2v) is 7.24. The lowest BCUT2D eigenvalue weighted by Crippen LogP contribution is -2.45. The molecule has 2 N–H and O–H groups in total. The van der Waals surface area contributed by atoms with E-state index in [0.717, 1.165) is 0 Å². The number of ether oxygens (including phenoxy) is 1. The molecule has 25 heavy (non-hydrogen) atoms. The van der Waals surface area contributed by atoms with E-state index >= 15 is 0 Å². The van der Waals surface area contributed by atoms with Crippen molar-refractivity contribution in [2.24, 2.45) is 5.41 Å². The third-order valence-corrected chi connectivity index (χ3v) is 4.17. The van der Waals surface area contributed by atoms with Crippen molar-refractivity contribution in [1.29, 1.82) is 0 Å². The highest BCUT2D eigenvalue weighted by atomic mass is 19.1. The number of rotatable bonds is 5. The molecule has 1 fully saturated rings. The Kier molecular flexibility index (Phi) is 5.67. The van der Waals surface area contributed by atoms with Crippen molar-refractivity contribution >= 4 is 23.3 Å². The minimum Gasteiger partial charge on any atom is -0.481 e. The average molecular weight is 352 g/mol. The Hall–Kier alpha value is -2.15. The highest BCUT2D eigenvalue weighted by molar-refractivity contribution is 5.94. The number of hydrogen-bond acceptors (Lipinski definition) is 4. The van der Waals surface area contributed by atoms with Crippen molar-refractivity contribution in [3.63, 3.8) is 0 Å². The fourth-order valence-electron chi connectivity index (χ4n) is 2.90. The Balaban J connectivity index is 2.06. The Bertz CT molecular complexity index is 652. The first kappa shape index (κ1) is 19.2. The number of nitrogens with one attached hydrogen (secondary N) is 1. The van der Waals surface area contributed by atoms with Gasteiger partial charge in [0.1, 0.15) is 5.82 Å². The molecular formula is C18H25FN2O4. The number of morpholine rings is 1. The van der Waals surface area contributed by atoms with E-state index in [1.165, 1.54) is 19.9 Å². The van der Waals surface area contributed by atoms with Crippen LogP contribution in [0.25, 0.3) is 0 Å². The lowest BCUT2D eigenvalue weighted by molar-refractivity contribution is -0.148. The molecule has 2 rings (SSSR count). The lowest BCUT2D eigenvalue weighted by Gasteiger charge is -2.37. The van der Waals surface area contributed by atoms with Crippen LogP contribution in [0, 0.1) is 11.2 Å². The number of hydrogen-bond donors (Lipinski definition) is 2. The molecule has 1 aliphatic rings. The van der Waals surface area contributed by atoms with Gasteiger partial charge in [0.15, 0.2) is 0 Å². The van der Waals surface area contributed by atoms with E-state index in [1.807, 2.05) is 18.7 Å². The maximum absolute atomic E-state index is 14.5. The molecule has 138 valence electrons. The molecule has 1 saturated heterocycles. The number of nitrogens with zero attached hydrogens (tertiary/aromatic N) is 1. The minimum absolute atomic E-state index is 0.0146. The molecule has 0 bridgehead atoms. The number of carboxylic acids is 1. The van der Waals surface area contributed by atoms with Crippen molar-refractivity contribution in [2.75, 3.05) is 23.3 Å². The lowest BCUT2D eigenvalue weighted by atomic mass is 9.89. The smallest absolute Gasteiger partial charge is 0.309 e. The van der Waals surface area contributed by atoms with Gasteiger partial charge in [-0.05, 0) is 45.9 Å². The zero-order chi connectivity index (χ0) is 18.8. The number of carbonyl (C=O) groups is 2. The number of anilines is 2. The largest absolute Gasteiger partial charge is 0.481 e. The number of halogens is 1. The number of carbonyl (C=O) groups excluding carboxylic acids is 1. The van der Waals surface area contributed by atoms with Crippen LogP contribution in [0.2, 0.25) is 0 Å². The van der Waals surface area contributed by atoms with E-state index < -0.39 is 23.1 Å². The van der Waals surface area contributed by atoms with Gasteiger partial charge in [0, 0.05) is 25.2 Å². The molecule has 0 saturated carbocycles. The van der Waals surface area contributed by atoms with Gasteiger partial charge in [0.05, 0.1) is 23.3 Å². The first-order chi connectivity index (χ1) is 11.6. The molecular weight excluding hydrogens is 327 g/mol. The maximum Gasteiger partial charge on any atom is 0.309 e. The van der Waals surface area contributed by atoms with Crippen molar-refractivity contribution in [1.82, 2.24) is 0 Å². The number of benzene rings is 1. The minimum atomic E-state index is -1.18. The Morgan fingerprint density at radius 2 is 1.92 bits per heavy atom. The predicted octanol–water partition coefficient (Wildman–Crippen LogP) is 2.88. The zero-order valence-electron chi connectivity index (χ0n) is 15.0. The van der Waals surface area contributed by atoms with Crippen LogP contribution in [0.1, 0.15) is 34.1 Å². The van der Waals surface area contributed by atoms with Gasteiger partial charge in [-0.1, -0.05) is 0 Å². The Morgan fingerprint density at radius 1 is 1.32 bits per heavy atom. The van der Waals surface area contributed by atoms with Gasteiger partial charge in [-0.15, -0.1) is 0 Å². The maximum atomic E-state index is 14.5. The van der Waals surface area contributed by atoms with E-state index in [0.29, 0.717) is 24.5 Å². The van der Waals surface area contributed by atoms with E-state index in [2.05, 4.69) is 5.32 Å². The van der Waals surface area contributed by atoms with Crippen LogP contribution in [-0.2, 0) is 14.3 Å². The third-order valence-electron chi connectivity index (χ3n) is 4.17. The molecule has 1 aliphatic heterocycles. The van der Waals surface area contributed by atoms with Crippen LogP contribution in [0.5, 0.6) is 0 Å². The molecule has 2 atom stereocenters. The van der Waals surface area contributed by atoms with Crippen LogP contribution in [0.3, 0.4) is 0 Å². The Labute approximate surface area is 147 Å². The SMILES string of the molecule is CC1CN(c2ccc(NC(=O)CC(C)(C)C(=O)O)cc2F)CC(C)O1. The standard InChI is InChI=1S/C18H25FN2O4/c1-11-9-21(10-12(2)25-11)15-6-5-13(7-14(15)19)20-16(22)8-18(3,4)17(23)24/h5-7,11-12H,8-10H2,1-4H3,(H,20,22)(H,23,24). The van der Waals surface area contributed by atoms with Gasteiger partial charge in [-0.2, -0.15) is 0 Å². The molecule has 1 amide bonds. The summed E-state index contributed by atoms with van der Waals surface area (Å²) in [7, 11) is 0. The van der Waals surface area contributed by atoms with E-state index in [9.17, 15) is 14.0 Å². The van der Waals surface area contributed by atoms with Crippen LogP contribution < -0.4 is 10.2 Å². The van der Waals surface area contributed by atoms with Crippen LogP contribution in [-0.4, -0.2) is 42.3 Å². The van der Waals surface area contributed by atoms with Gasteiger partial charge in [-0.25, -0.2) is 4.39 Å². The molecule has 0 aromatic heterocycles. The van der Waals surface area contributed by atoms with Crippen LogP contribution in [0.4, 0.5) is 15.8 Å². The first-order valence-electron chi connectivity index (χ1n) is 8.31. The predicted molar refractivity (Wildman–Crippen MR) is 93.3 cm³/mol. The van der Waals surface area contributed by atoms with Gasteiger partial charge in [0.2, 0.25) is 5.91 Å². The summed E-state index contributed by atoms with van der Waals surface area (Å²) < 4.78 is 20.1. The molecule has 6 nitrogen and oxygen atoms in total. The summed E-state index contributed by atoms with van der Waals surface area (Å²) in [5.41, 5.74) is -0.407. The normalized spacial score (nSPS) is 21.1. The molecule has 0 aliphatic carbocycles. The van der Waals surface area contributed by atoms with Crippen molar-refractivity contribution in [2.45, 2.75) is 46.3 Å². The fourth-order valence-corrected chi connectivity index (χ4v) is 2.90. The monoisotopic (exact) mass is 352 g/mol. The van der Waals surface area contributed by atoms with Gasteiger partial charge in [0.25, 0.3) is 0 Å². The Morgan fingerprint density at radius 3 is 2.44 bits per heavy atom. The number of aliphatic carboxylic acids is 1. The summed E-state index contributed by atoms with van der Waals surface area (Å²) in [6.45, 7) is 8.02. The topological polar surface area (TPSA) is 78.9 Å². The zero-order valence-corrected chi connectivity index (χ0v) is 15.0. The summed E-state index contributed by atoms with van der Waals surface area (Å²) in [6.07, 6.45) is -0.161. The second kappa shape index (κ2) is 7.39. The van der Waals surface area contributed by atoms with Crippen molar-refractivity contribution in [3.05, 3.63) is 24.0 Å². The second-order valence-electron chi connectivity index (χ2n) is 7.24. The van der Waals surface area contributed by atoms with Gasteiger partial charge >= 0.3 is 5.97 Å². The average Bonchev–Trinajstić information content (AvgIpc) is 2.45. The number of carboxylic acid groups (broad SMARTS) is 1. The van der Waals surface area contributed by atoms with Crippen molar-refractivity contribution < 1.29 is 23.8 Å². The summed E-state index contributed by atoms with van der Waals surface area (Å²) in [6, 6.07) is 4.50. The van der Waals surface area contributed by atoms with Crippen LogP contribution >= 0.6 is 0 Å². The summed E-state index contributed by atoms with van der Waals surface area (Å²) in [4.78, 5) is 25.0. The summed E-state index contributed by atoms with van der Waals surface area (Å²) in [5, 5.41) is 11.6. The summed E-state index contributed by atoms with van der Waals surface area (Å²) >= 11 is 0. The molecule has 7 heteroatoms. The van der Waals surface area contributed by atoms with Crippen molar-refractivity contribution in [3.8, 4) is 0 Å².